The number of fused-ring (bicyclic) bond motifs is 2. The Labute approximate surface area is 150 Å². The summed E-state index contributed by atoms with van der Waals surface area (Å²) in [7, 11) is 0. The normalized spacial score (nSPS) is 25.8. The fourth-order valence-corrected chi connectivity index (χ4v) is 3.67. The molecule has 0 radical (unpaired) electrons. The van der Waals surface area contributed by atoms with Crippen molar-refractivity contribution in [1.82, 2.24) is 0 Å². The molecule has 0 bridgehead atoms. The molecular formula is C20H19Na. The molecule has 0 N–H and O–H groups in total. The first-order valence-corrected chi connectivity index (χ1v) is 7.38. The fourth-order valence-electron chi connectivity index (χ4n) is 3.67. The first kappa shape index (κ1) is 14.8. The van der Waals surface area contributed by atoms with Crippen molar-refractivity contribution in [2.24, 2.45) is 11.8 Å². The molecule has 100 valence electrons. The van der Waals surface area contributed by atoms with Gasteiger partial charge < -0.3 is 1.43 Å². The van der Waals surface area contributed by atoms with Crippen molar-refractivity contribution >= 4 is 6.08 Å². The van der Waals surface area contributed by atoms with E-state index in [2.05, 4.69) is 79.8 Å². The van der Waals surface area contributed by atoms with Crippen molar-refractivity contribution in [2.45, 2.75) is 12.8 Å². The van der Waals surface area contributed by atoms with Gasteiger partial charge in [-0.05, 0) is 22.6 Å². The Hall–Kier alpha value is -1.08. The summed E-state index contributed by atoms with van der Waals surface area (Å²) in [5, 5.41) is 0. The van der Waals surface area contributed by atoms with Crippen LogP contribution in [0.2, 0.25) is 0 Å². The summed E-state index contributed by atoms with van der Waals surface area (Å²) in [5.41, 5.74) is 5.84. The number of rotatable bonds is 2. The Balaban J connectivity index is 0.000000882. The predicted molar refractivity (Wildman–Crippen MR) is 86.4 cm³/mol. The number of hydrogen-bond donors (Lipinski definition) is 0. The summed E-state index contributed by atoms with van der Waals surface area (Å²) in [4.78, 5) is 0. The van der Waals surface area contributed by atoms with Crippen LogP contribution in [-0.4, -0.2) is 0 Å². The minimum atomic E-state index is 0. The largest absolute Gasteiger partial charge is 1.00 e. The van der Waals surface area contributed by atoms with Gasteiger partial charge in [0.15, 0.2) is 0 Å². The molecule has 0 saturated carbocycles. The molecule has 3 atom stereocenters. The third-order valence-electron chi connectivity index (χ3n) is 4.79. The van der Waals surface area contributed by atoms with Gasteiger partial charge in [-0.1, -0.05) is 85.4 Å². The number of hydrogen-bond acceptors (Lipinski definition) is 0. The van der Waals surface area contributed by atoms with Crippen LogP contribution in [0.1, 0.15) is 25.4 Å². The second-order valence-corrected chi connectivity index (χ2v) is 5.86. The molecule has 0 spiro atoms. The van der Waals surface area contributed by atoms with Gasteiger partial charge in [-0.25, -0.2) is 0 Å². The zero-order chi connectivity index (χ0) is 13.5. The molecule has 0 fully saturated rings. The van der Waals surface area contributed by atoms with E-state index in [0.29, 0.717) is 17.8 Å². The molecule has 3 aliphatic carbocycles. The van der Waals surface area contributed by atoms with E-state index in [1.54, 1.807) is 5.57 Å². The van der Waals surface area contributed by atoms with Crippen LogP contribution in [0.25, 0.3) is 6.08 Å². The van der Waals surface area contributed by atoms with Crippen LogP contribution in [0, 0.1) is 11.8 Å². The molecule has 0 nitrogen and oxygen atoms in total. The third kappa shape index (κ3) is 2.46. The molecule has 21 heavy (non-hydrogen) atoms. The summed E-state index contributed by atoms with van der Waals surface area (Å²) in [6.45, 7) is 2.37. The maximum absolute atomic E-state index is 2.37. The van der Waals surface area contributed by atoms with Gasteiger partial charge in [0.2, 0.25) is 0 Å². The molecule has 0 aromatic heterocycles. The molecule has 1 aromatic carbocycles. The van der Waals surface area contributed by atoms with Gasteiger partial charge in [0.1, 0.15) is 0 Å². The van der Waals surface area contributed by atoms with Crippen LogP contribution < -0.4 is 29.6 Å². The van der Waals surface area contributed by atoms with Crippen molar-refractivity contribution in [3.8, 4) is 0 Å². The first-order chi connectivity index (χ1) is 9.84. The maximum atomic E-state index is 2.37. The molecule has 0 amide bonds. The van der Waals surface area contributed by atoms with Crippen LogP contribution in [0.3, 0.4) is 0 Å². The van der Waals surface area contributed by atoms with Gasteiger partial charge in [-0.3, -0.25) is 0 Å². The van der Waals surface area contributed by atoms with E-state index in [1.807, 2.05) is 0 Å². The SMILES string of the molecule is CC(C1=CC=C2C=CC=CC21)C1C=Cc2ccccc21.[H-].[Na+]. The van der Waals surface area contributed by atoms with Gasteiger partial charge in [0, 0.05) is 11.8 Å². The van der Waals surface area contributed by atoms with Crippen molar-refractivity contribution in [3.63, 3.8) is 0 Å². The smallest absolute Gasteiger partial charge is 1.00 e. The van der Waals surface area contributed by atoms with Crippen LogP contribution in [0.15, 0.2) is 77.9 Å². The Kier molecular flexibility index (Phi) is 4.21. The zero-order valence-electron chi connectivity index (χ0n) is 13.7. The summed E-state index contributed by atoms with van der Waals surface area (Å²) < 4.78 is 0. The van der Waals surface area contributed by atoms with Gasteiger partial charge >= 0.3 is 29.6 Å². The average molecular weight is 282 g/mol. The Morgan fingerprint density at radius 1 is 1.00 bits per heavy atom. The maximum Gasteiger partial charge on any atom is 1.00 e. The monoisotopic (exact) mass is 282 g/mol. The second-order valence-electron chi connectivity index (χ2n) is 5.86. The summed E-state index contributed by atoms with van der Waals surface area (Å²) >= 11 is 0. The molecule has 4 rings (SSSR count). The van der Waals surface area contributed by atoms with E-state index in [0.717, 1.165) is 0 Å². The predicted octanol–water partition coefficient (Wildman–Crippen LogP) is 2.16. The minimum absolute atomic E-state index is 0. The molecule has 1 heteroatoms. The van der Waals surface area contributed by atoms with Crippen molar-refractivity contribution in [2.75, 3.05) is 0 Å². The average Bonchev–Trinajstić information content (AvgIpc) is 3.11. The minimum Gasteiger partial charge on any atom is -1.00 e. The van der Waals surface area contributed by atoms with Gasteiger partial charge in [-0.2, -0.15) is 0 Å². The van der Waals surface area contributed by atoms with Gasteiger partial charge in [0.25, 0.3) is 0 Å². The van der Waals surface area contributed by atoms with Crippen LogP contribution in [0.4, 0.5) is 0 Å². The molecule has 0 heterocycles. The zero-order valence-corrected chi connectivity index (χ0v) is 14.7. The molecule has 3 unspecified atom stereocenters. The van der Waals surface area contributed by atoms with Gasteiger partial charge in [0.05, 0.1) is 0 Å². The Morgan fingerprint density at radius 2 is 1.86 bits per heavy atom. The second kappa shape index (κ2) is 5.96. The Morgan fingerprint density at radius 3 is 2.76 bits per heavy atom. The van der Waals surface area contributed by atoms with E-state index in [9.17, 15) is 0 Å². The van der Waals surface area contributed by atoms with Crippen LogP contribution in [-0.2, 0) is 0 Å². The fraction of sp³-hybridized carbons (Fsp3) is 0.200. The number of benzene rings is 1. The number of allylic oxidation sites excluding steroid dienone is 9. The molecule has 3 aliphatic rings. The summed E-state index contributed by atoms with van der Waals surface area (Å²) in [6.07, 6.45) is 18.1. The van der Waals surface area contributed by atoms with E-state index in [4.69, 9.17) is 0 Å². The van der Waals surface area contributed by atoms with Crippen LogP contribution >= 0.6 is 0 Å². The molecule has 1 aromatic rings. The van der Waals surface area contributed by atoms with Crippen LogP contribution in [0.5, 0.6) is 0 Å². The van der Waals surface area contributed by atoms with Crippen molar-refractivity contribution < 1.29 is 31.0 Å². The Bertz CT molecular complexity index is 706. The van der Waals surface area contributed by atoms with E-state index in [-0.39, 0.29) is 31.0 Å². The molecular weight excluding hydrogens is 263 g/mol. The summed E-state index contributed by atoms with van der Waals surface area (Å²) in [5.74, 6) is 1.56. The van der Waals surface area contributed by atoms with Crippen molar-refractivity contribution in [3.05, 3.63) is 89.1 Å². The molecule has 0 saturated heterocycles. The summed E-state index contributed by atoms with van der Waals surface area (Å²) in [6, 6.07) is 8.77. The standard InChI is InChI=1S/C20H18.Na.H/c1-14(17-12-10-15-6-2-4-8-19(15)17)18-13-11-16-7-3-5-9-20(16)18;;/h2-14,17,20H,1H3;;/q;+1;-1. The topological polar surface area (TPSA) is 0 Å². The quantitative estimate of drug-likeness (QED) is 0.729. The van der Waals surface area contributed by atoms with Crippen molar-refractivity contribution in [1.29, 1.82) is 0 Å². The van der Waals surface area contributed by atoms with Gasteiger partial charge in [-0.15, -0.1) is 0 Å². The van der Waals surface area contributed by atoms with E-state index in [1.165, 1.54) is 16.7 Å². The van der Waals surface area contributed by atoms with E-state index < -0.39 is 0 Å². The molecule has 0 aliphatic heterocycles. The van der Waals surface area contributed by atoms with E-state index >= 15 is 0 Å². The first-order valence-electron chi connectivity index (χ1n) is 7.38. The third-order valence-corrected chi connectivity index (χ3v) is 4.79.